The molecule has 4 heteroatoms. The van der Waals surface area contributed by atoms with Gasteiger partial charge in [-0.1, -0.05) is 31.0 Å². The van der Waals surface area contributed by atoms with Gasteiger partial charge >= 0.3 is 0 Å². The van der Waals surface area contributed by atoms with Crippen LogP contribution in [-0.2, 0) is 6.54 Å². The van der Waals surface area contributed by atoms with Crippen LogP contribution in [0.15, 0.2) is 24.3 Å². The van der Waals surface area contributed by atoms with Crippen LogP contribution in [0.4, 0.5) is 0 Å². The first-order valence-electron chi connectivity index (χ1n) is 7.27. The van der Waals surface area contributed by atoms with Crippen LogP contribution >= 0.6 is 0 Å². The lowest BCUT2D eigenvalue weighted by Crippen LogP contribution is -2.39. The molecule has 1 fully saturated rings. The number of aliphatic hydroxyl groups is 1. The second kappa shape index (κ2) is 7.88. The summed E-state index contributed by atoms with van der Waals surface area (Å²) in [6, 6.07) is 10.1. The van der Waals surface area contributed by atoms with Gasteiger partial charge < -0.3 is 15.2 Å². The molecule has 1 saturated carbocycles. The van der Waals surface area contributed by atoms with Gasteiger partial charge in [0.2, 0.25) is 0 Å². The number of nitriles is 1. The van der Waals surface area contributed by atoms with Crippen LogP contribution < -0.4 is 10.1 Å². The van der Waals surface area contributed by atoms with Gasteiger partial charge in [0, 0.05) is 24.8 Å². The molecule has 1 aliphatic rings. The molecule has 0 radical (unpaired) electrons. The van der Waals surface area contributed by atoms with Crippen LogP contribution in [0.3, 0.4) is 0 Å². The fourth-order valence-electron chi connectivity index (χ4n) is 2.84. The van der Waals surface area contributed by atoms with Crippen molar-refractivity contribution in [3.63, 3.8) is 0 Å². The molecule has 0 aromatic heterocycles. The van der Waals surface area contributed by atoms with Gasteiger partial charge in [0.1, 0.15) is 11.8 Å². The summed E-state index contributed by atoms with van der Waals surface area (Å²) in [5, 5.41) is 21.6. The maximum Gasteiger partial charge on any atom is 0.174 e. The zero-order chi connectivity index (χ0) is 14.2. The fourth-order valence-corrected chi connectivity index (χ4v) is 2.84. The predicted molar refractivity (Wildman–Crippen MR) is 77.2 cm³/mol. The summed E-state index contributed by atoms with van der Waals surface area (Å²) >= 11 is 0. The molecule has 0 bridgehead atoms. The largest absolute Gasteiger partial charge is 0.478 e. The lowest BCUT2D eigenvalue weighted by atomic mass is 9.85. The maximum absolute atomic E-state index is 9.43. The molecule has 0 aliphatic heterocycles. The average molecular weight is 274 g/mol. The highest BCUT2D eigenvalue weighted by molar-refractivity contribution is 5.33. The lowest BCUT2D eigenvalue weighted by molar-refractivity contribution is 0.152. The van der Waals surface area contributed by atoms with Crippen molar-refractivity contribution < 1.29 is 9.84 Å². The molecule has 2 atom stereocenters. The van der Waals surface area contributed by atoms with E-state index in [1.165, 1.54) is 12.8 Å². The zero-order valence-corrected chi connectivity index (χ0v) is 11.7. The number of para-hydroxylation sites is 1. The minimum Gasteiger partial charge on any atom is -0.478 e. The molecule has 2 rings (SSSR count). The molecular weight excluding hydrogens is 252 g/mol. The van der Waals surface area contributed by atoms with E-state index in [9.17, 15) is 5.11 Å². The fraction of sp³-hybridized carbons (Fsp3) is 0.562. The predicted octanol–water partition coefficient (Wildman–Crippen LogP) is 2.23. The SMILES string of the molecule is N#CCOc1ccccc1CNC1CCCCC1CO. The molecule has 2 unspecified atom stereocenters. The van der Waals surface area contributed by atoms with E-state index in [-0.39, 0.29) is 13.2 Å². The Balaban J connectivity index is 1.94. The van der Waals surface area contributed by atoms with Crippen molar-refractivity contribution >= 4 is 0 Å². The van der Waals surface area contributed by atoms with Crippen LogP contribution in [-0.4, -0.2) is 24.4 Å². The Morgan fingerprint density at radius 2 is 2.10 bits per heavy atom. The number of ether oxygens (including phenoxy) is 1. The second-order valence-electron chi connectivity index (χ2n) is 5.27. The van der Waals surface area contributed by atoms with Gasteiger partial charge in [-0.3, -0.25) is 0 Å². The Hall–Kier alpha value is -1.57. The summed E-state index contributed by atoms with van der Waals surface area (Å²) < 4.78 is 5.43. The van der Waals surface area contributed by atoms with E-state index in [0.717, 1.165) is 24.2 Å². The molecular formula is C16H22N2O2. The minimum atomic E-state index is 0.0692. The Kier molecular flexibility index (Phi) is 5.85. The number of aliphatic hydroxyl groups excluding tert-OH is 1. The van der Waals surface area contributed by atoms with Crippen molar-refractivity contribution in [1.29, 1.82) is 5.26 Å². The van der Waals surface area contributed by atoms with E-state index < -0.39 is 0 Å². The quantitative estimate of drug-likeness (QED) is 0.835. The number of rotatable bonds is 6. The third-order valence-corrected chi connectivity index (χ3v) is 3.96. The van der Waals surface area contributed by atoms with Crippen LogP contribution in [0.25, 0.3) is 0 Å². The Bertz CT molecular complexity index is 456. The number of hydrogen-bond donors (Lipinski definition) is 2. The Morgan fingerprint density at radius 1 is 1.30 bits per heavy atom. The van der Waals surface area contributed by atoms with Crippen molar-refractivity contribution in [2.24, 2.45) is 5.92 Å². The van der Waals surface area contributed by atoms with Gasteiger partial charge in [0.25, 0.3) is 0 Å². The van der Waals surface area contributed by atoms with Gasteiger partial charge in [0.15, 0.2) is 6.61 Å². The topological polar surface area (TPSA) is 65.3 Å². The molecule has 0 spiro atoms. The van der Waals surface area contributed by atoms with E-state index in [2.05, 4.69) is 5.32 Å². The maximum atomic E-state index is 9.43. The van der Waals surface area contributed by atoms with Gasteiger partial charge in [-0.2, -0.15) is 5.26 Å². The molecule has 2 N–H and O–H groups in total. The summed E-state index contributed by atoms with van der Waals surface area (Å²) in [5.74, 6) is 1.12. The molecule has 4 nitrogen and oxygen atoms in total. The average Bonchev–Trinajstić information content (AvgIpc) is 2.52. The monoisotopic (exact) mass is 274 g/mol. The van der Waals surface area contributed by atoms with Crippen molar-refractivity contribution in [2.75, 3.05) is 13.2 Å². The zero-order valence-electron chi connectivity index (χ0n) is 11.7. The van der Waals surface area contributed by atoms with Crippen LogP contribution in [0.1, 0.15) is 31.2 Å². The molecule has 0 heterocycles. The molecule has 108 valence electrons. The van der Waals surface area contributed by atoms with E-state index in [4.69, 9.17) is 10.00 Å². The number of nitrogens with zero attached hydrogens (tertiary/aromatic N) is 1. The summed E-state index contributed by atoms with van der Waals surface area (Å²) in [6.07, 6.45) is 4.65. The van der Waals surface area contributed by atoms with Crippen molar-refractivity contribution in [3.8, 4) is 11.8 Å². The highest BCUT2D eigenvalue weighted by Crippen LogP contribution is 2.25. The van der Waals surface area contributed by atoms with Crippen molar-refractivity contribution in [3.05, 3.63) is 29.8 Å². The number of nitrogens with one attached hydrogen (secondary N) is 1. The van der Waals surface area contributed by atoms with Crippen LogP contribution in [0.2, 0.25) is 0 Å². The number of hydrogen-bond acceptors (Lipinski definition) is 4. The van der Waals surface area contributed by atoms with E-state index >= 15 is 0 Å². The second-order valence-corrected chi connectivity index (χ2v) is 5.27. The summed E-state index contributed by atoms with van der Waals surface area (Å²) in [4.78, 5) is 0. The molecule has 1 aliphatic carbocycles. The van der Waals surface area contributed by atoms with Gasteiger partial charge in [-0.05, 0) is 24.8 Å². The van der Waals surface area contributed by atoms with Crippen LogP contribution in [0, 0.1) is 17.2 Å². The van der Waals surface area contributed by atoms with E-state index in [1.54, 1.807) is 0 Å². The Labute approximate surface area is 120 Å². The van der Waals surface area contributed by atoms with E-state index in [0.29, 0.717) is 18.5 Å². The van der Waals surface area contributed by atoms with Gasteiger partial charge in [0.05, 0.1) is 0 Å². The highest BCUT2D eigenvalue weighted by atomic mass is 16.5. The summed E-state index contributed by atoms with van der Waals surface area (Å²) in [7, 11) is 0. The highest BCUT2D eigenvalue weighted by Gasteiger charge is 2.23. The molecule has 0 amide bonds. The molecule has 1 aromatic carbocycles. The minimum absolute atomic E-state index is 0.0692. The molecule has 0 saturated heterocycles. The third kappa shape index (κ3) is 3.96. The Morgan fingerprint density at radius 3 is 2.90 bits per heavy atom. The lowest BCUT2D eigenvalue weighted by Gasteiger charge is -2.31. The van der Waals surface area contributed by atoms with Crippen molar-refractivity contribution in [2.45, 2.75) is 38.3 Å². The standard InChI is InChI=1S/C16H22N2O2/c17-9-10-20-16-8-4-2-5-13(16)11-18-15-7-3-1-6-14(15)12-19/h2,4-5,8,14-15,18-19H,1,3,6-7,10-12H2. The van der Waals surface area contributed by atoms with Gasteiger partial charge in [-0.25, -0.2) is 0 Å². The smallest absolute Gasteiger partial charge is 0.174 e. The van der Waals surface area contributed by atoms with Crippen LogP contribution in [0.5, 0.6) is 5.75 Å². The summed E-state index contributed by atoms with van der Waals surface area (Å²) in [5.41, 5.74) is 1.06. The first kappa shape index (κ1) is 14.8. The molecule has 1 aromatic rings. The van der Waals surface area contributed by atoms with E-state index in [1.807, 2.05) is 30.3 Å². The van der Waals surface area contributed by atoms with Crippen molar-refractivity contribution in [1.82, 2.24) is 5.32 Å². The summed E-state index contributed by atoms with van der Waals surface area (Å²) in [6.45, 7) is 1.03. The first-order chi connectivity index (χ1) is 9.85. The number of benzene rings is 1. The first-order valence-corrected chi connectivity index (χ1v) is 7.27. The molecule has 20 heavy (non-hydrogen) atoms. The third-order valence-electron chi connectivity index (χ3n) is 3.96. The normalized spacial score (nSPS) is 22.2. The van der Waals surface area contributed by atoms with Gasteiger partial charge in [-0.15, -0.1) is 0 Å².